The van der Waals surface area contributed by atoms with Gasteiger partial charge < -0.3 is 20.5 Å². The Kier molecular flexibility index (Phi) is 5.07. The second-order valence-corrected chi connectivity index (χ2v) is 6.60. The monoisotopic (exact) mass is 296 g/mol. The fourth-order valence-electron chi connectivity index (χ4n) is 3.43. The fourth-order valence-corrected chi connectivity index (χ4v) is 4.14. The van der Waals surface area contributed by atoms with Crippen molar-refractivity contribution in [2.75, 3.05) is 26.3 Å². The van der Waals surface area contributed by atoms with Crippen LogP contribution >= 0.6 is 11.3 Å². The molecule has 1 aromatic rings. The number of ether oxygens (including phenoxy) is 1. The Balaban J connectivity index is 1.51. The topological polar surface area (TPSA) is 53.5 Å². The van der Waals surface area contributed by atoms with E-state index in [1.54, 1.807) is 11.3 Å². The molecule has 2 fully saturated rings. The summed E-state index contributed by atoms with van der Waals surface area (Å²) in [5.74, 6) is 0.630. The predicted octanol–water partition coefficient (Wildman–Crippen LogP) is 1.53. The standard InChI is InChI=1S/C15H24N2O2S/c18-15(11-4-7-20-10-11)8-17-13-3-1-2-12(13)14-9-19-6-5-16-14/h4,7,10,12-18H,1-3,5-6,8-9H2. The molecule has 1 aliphatic carbocycles. The lowest BCUT2D eigenvalue weighted by Gasteiger charge is -2.33. The highest BCUT2D eigenvalue weighted by molar-refractivity contribution is 7.07. The molecule has 1 saturated carbocycles. The zero-order valence-corrected chi connectivity index (χ0v) is 12.6. The van der Waals surface area contributed by atoms with Crippen LogP contribution in [0.5, 0.6) is 0 Å². The van der Waals surface area contributed by atoms with E-state index in [1.165, 1.54) is 19.3 Å². The number of thiophene rings is 1. The Morgan fingerprint density at radius 3 is 3.20 bits per heavy atom. The number of hydrogen-bond acceptors (Lipinski definition) is 5. The van der Waals surface area contributed by atoms with E-state index in [-0.39, 0.29) is 0 Å². The van der Waals surface area contributed by atoms with Gasteiger partial charge in [-0.15, -0.1) is 0 Å². The molecule has 4 atom stereocenters. The summed E-state index contributed by atoms with van der Waals surface area (Å²) in [6.45, 7) is 3.27. The van der Waals surface area contributed by atoms with E-state index >= 15 is 0 Å². The summed E-state index contributed by atoms with van der Waals surface area (Å²) in [6, 6.07) is 2.98. The Bertz CT molecular complexity index is 393. The molecule has 0 bridgehead atoms. The third-order valence-electron chi connectivity index (χ3n) is 4.54. The minimum Gasteiger partial charge on any atom is -0.387 e. The first-order chi connectivity index (χ1) is 9.84. The molecule has 0 spiro atoms. The van der Waals surface area contributed by atoms with Crippen LogP contribution in [0.25, 0.3) is 0 Å². The summed E-state index contributed by atoms with van der Waals surface area (Å²) in [6.07, 6.45) is 3.35. The van der Waals surface area contributed by atoms with E-state index in [9.17, 15) is 5.11 Å². The molecule has 1 aliphatic heterocycles. The summed E-state index contributed by atoms with van der Waals surface area (Å²) in [7, 11) is 0. The zero-order chi connectivity index (χ0) is 13.8. The summed E-state index contributed by atoms with van der Waals surface area (Å²) < 4.78 is 5.59. The summed E-state index contributed by atoms with van der Waals surface area (Å²) >= 11 is 1.63. The van der Waals surface area contributed by atoms with Gasteiger partial charge in [0.2, 0.25) is 0 Å². The first-order valence-electron chi connectivity index (χ1n) is 7.59. The number of rotatable bonds is 5. The highest BCUT2D eigenvalue weighted by Crippen LogP contribution is 2.30. The Morgan fingerprint density at radius 2 is 2.45 bits per heavy atom. The largest absolute Gasteiger partial charge is 0.387 e. The maximum atomic E-state index is 10.2. The van der Waals surface area contributed by atoms with E-state index < -0.39 is 6.10 Å². The van der Waals surface area contributed by atoms with Crippen LogP contribution in [0.1, 0.15) is 30.9 Å². The summed E-state index contributed by atoms with van der Waals surface area (Å²) in [4.78, 5) is 0. The van der Waals surface area contributed by atoms with Crippen LogP contribution in [0.3, 0.4) is 0 Å². The molecule has 3 N–H and O–H groups in total. The van der Waals surface area contributed by atoms with Gasteiger partial charge in [-0.2, -0.15) is 11.3 Å². The van der Waals surface area contributed by atoms with E-state index in [0.717, 1.165) is 25.3 Å². The summed E-state index contributed by atoms with van der Waals surface area (Å²) in [5, 5.41) is 21.4. The van der Waals surface area contributed by atoms with Gasteiger partial charge in [-0.3, -0.25) is 0 Å². The Hall–Kier alpha value is -0.460. The third kappa shape index (κ3) is 3.40. The molecular formula is C15H24N2O2S. The van der Waals surface area contributed by atoms with Gasteiger partial charge in [0, 0.05) is 25.2 Å². The van der Waals surface area contributed by atoms with Crippen LogP contribution in [-0.2, 0) is 4.74 Å². The quantitative estimate of drug-likeness (QED) is 0.771. The van der Waals surface area contributed by atoms with Crippen molar-refractivity contribution in [3.05, 3.63) is 22.4 Å². The number of nitrogens with one attached hydrogen (secondary N) is 2. The lowest BCUT2D eigenvalue weighted by Crippen LogP contribution is -2.51. The van der Waals surface area contributed by atoms with E-state index in [0.29, 0.717) is 24.5 Å². The highest BCUT2D eigenvalue weighted by atomic mass is 32.1. The van der Waals surface area contributed by atoms with Gasteiger partial charge in [-0.1, -0.05) is 6.42 Å². The first-order valence-corrected chi connectivity index (χ1v) is 8.53. The molecule has 4 unspecified atom stereocenters. The molecule has 5 heteroatoms. The van der Waals surface area contributed by atoms with Crippen molar-refractivity contribution in [1.29, 1.82) is 0 Å². The van der Waals surface area contributed by atoms with Crippen LogP contribution in [0.4, 0.5) is 0 Å². The maximum Gasteiger partial charge on any atom is 0.0922 e. The molecule has 3 rings (SSSR count). The van der Waals surface area contributed by atoms with E-state index in [1.807, 2.05) is 16.8 Å². The molecule has 0 radical (unpaired) electrons. The molecule has 112 valence electrons. The van der Waals surface area contributed by atoms with Gasteiger partial charge in [0.15, 0.2) is 0 Å². The van der Waals surface area contributed by atoms with Crippen molar-refractivity contribution in [2.24, 2.45) is 5.92 Å². The van der Waals surface area contributed by atoms with Gasteiger partial charge >= 0.3 is 0 Å². The van der Waals surface area contributed by atoms with E-state index in [2.05, 4.69) is 10.6 Å². The molecule has 1 aromatic heterocycles. The molecule has 2 aliphatic rings. The van der Waals surface area contributed by atoms with Gasteiger partial charge in [-0.25, -0.2) is 0 Å². The lowest BCUT2D eigenvalue weighted by atomic mass is 9.94. The minimum atomic E-state index is -0.391. The van der Waals surface area contributed by atoms with Crippen molar-refractivity contribution in [3.8, 4) is 0 Å². The number of hydrogen-bond donors (Lipinski definition) is 3. The van der Waals surface area contributed by atoms with Crippen LogP contribution in [0, 0.1) is 5.92 Å². The number of aliphatic hydroxyl groups is 1. The van der Waals surface area contributed by atoms with Crippen LogP contribution < -0.4 is 10.6 Å². The molecule has 0 aromatic carbocycles. The zero-order valence-electron chi connectivity index (χ0n) is 11.8. The predicted molar refractivity (Wildman–Crippen MR) is 81.0 cm³/mol. The smallest absolute Gasteiger partial charge is 0.0922 e. The Morgan fingerprint density at radius 1 is 1.50 bits per heavy atom. The van der Waals surface area contributed by atoms with Crippen molar-refractivity contribution < 1.29 is 9.84 Å². The molecule has 1 saturated heterocycles. The van der Waals surface area contributed by atoms with Crippen LogP contribution in [0.2, 0.25) is 0 Å². The average Bonchev–Trinajstić information content (AvgIpc) is 3.17. The van der Waals surface area contributed by atoms with E-state index in [4.69, 9.17) is 4.74 Å². The lowest BCUT2D eigenvalue weighted by molar-refractivity contribution is 0.0513. The normalized spacial score (nSPS) is 32.4. The minimum absolute atomic E-state index is 0.391. The second-order valence-electron chi connectivity index (χ2n) is 5.82. The van der Waals surface area contributed by atoms with Crippen LogP contribution in [0.15, 0.2) is 16.8 Å². The fraction of sp³-hybridized carbons (Fsp3) is 0.733. The number of aliphatic hydroxyl groups excluding tert-OH is 1. The van der Waals surface area contributed by atoms with Crippen molar-refractivity contribution >= 4 is 11.3 Å². The van der Waals surface area contributed by atoms with Gasteiger partial charge in [0.1, 0.15) is 0 Å². The van der Waals surface area contributed by atoms with Crippen molar-refractivity contribution in [3.63, 3.8) is 0 Å². The third-order valence-corrected chi connectivity index (χ3v) is 5.24. The second kappa shape index (κ2) is 7.00. The Labute approximate surface area is 124 Å². The highest BCUT2D eigenvalue weighted by Gasteiger charge is 2.34. The van der Waals surface area contributed by atoms with Gasteiger partial charge in [-0.05, 0) is 41.1 Å². The molecule has 20 heavy (non-hydrogen) atoms. The molecule has 0 amide bonds. The average molecular weight is 296 g/mol. The molecule has 4 nitrogen and oxygen atoms in total. The SMILES string of the molecule is OC(CNC1CCCC1C1COCCN1)c1ccsc1. The van der Waals surface area contributed by atoms with Crippen molar-refractivity contribution in [2.45, 2.75) is 37.5 Å². The molecular weight excluding hydrogens is 272 g/mol. The maximum absolute atomic E-state index is 10.2. The van der Waals surface area contributed by atoms with Gasteiger partial charge in [0.25, 0.3) is 0 Å². The summed E-state index contributed by atoms with van der Waals surface area (Å²) in [5.41, 5.74) is 1.02. The van der Waals surface area contributed by atoms with Crippen molar-refractivity contribution in [1.82, 2.24) is 10.6 Å². The first kappa shape index (κ1) is 14.5. The van der Waals surface area contributed by atoms with Crippen LogP contribution in [-0.4, -0.2) is 43.5 Å². The number of morpholine rings is 1. The van der Waals surface area contributed by atoms with Gasteiger partial charge in [0.05, 0.1) is 19.3 Å². The molecule has 2 heterocycles.